The van der Waals surface area contributed by atoms with Gasteiger partial charge in [-0.2, -0.15) is 0 Å². The van der Waals surface area contributed by atoms with Crippen LogP contribution >= 0.6 is 23.7 Å². The summed E-state index contributed by atoms with van der Waals surface area (Å²) in [7, 11) is 0. The molecule has 0 amide bonds. The summed E-state index contributed by atoms with van der Waals surface area (Å²) in [5.41, 5.74) is 5.64. The molecule has 1 aromatic heterocycles. The van der Waals surface area contributed by atoms with Crippen molar-refractivity contribution in [2.45, 2.75) is 45.4 Å². The first-order chi connectivity index (χ1) is 8.06. The van der Waals surface area contributed by atoms with Gasteiger partial charge >= 0.3 is 0 Å². The zero-order valence-corrected chi connectivity index (χ0v) is 12.5. The van der Waals surface area contributed by atoms with E-state index < -0.39 is 0 Å². The second-order valence-electron chi connectivity index (χ2n) is 5.07. The summed E-state index contributed by atoms with van der Waals surface area (Å²) >= 11 is 1.54. The minimum Gasteiger partial charge on any atom is -0.392 e. The molecule has 1 fully saturated rings. The van der Waals surface area contributed by atoms with Gasteiger partial charge in [0.15, 0.2) is 5.13 Å². The molecule has 0 radical (unpaired) electrons. The van der Waals surface area contributed by atoms with E-state index in [0.29, 0.717) is 11.0 Å². The Morgan fingerprint density at radius 3 is 2.94 bits per heavy atom. The van der Waals surface area contributed by atoms with Crippen LogP contribution in [-0.4, -0.2) is 33.7 Å². The van der Waals surface area contributed by atoms with Gasteiger partial charge in [-0.05, 0) is 32.2 Å². The molecule has 1 aromatic rings. The first kappa shape index (κ1) is 15.7. The predicted octanol–water partition coefficient (Wildman–Crippen LogP) is 2.13. The van der Waals surface area contributed by atoms with Gasteiger partial charge in [0.2, 0.25) is 0 Å². The van der Waals surface area contributed by atoms with Crippen LogP contribution in [0.3, 0.4) is 0 Å². The highest BCUT2D eigenvalue weighted by Gasteiger charge is 2.29. The molecule has 0 aliphatic carbocycles. The molecule has 1 aliphatic rings. The van der Waals surface area contributed by atoms with Crippen LogP contribution in [-0.2, 0) is 6.54 Å². The lowest BCUT2D eigenvalue weighted by Crippen LogP contribution is -2.47. The maximum atomic E-state index is 9.87. The zero-order chi connectivity index (χ0) is 12.4. The van der Waals surface area contributed by atoms with Crippen molar-refractivity contribution in [2.24, 2.45) is 5.92 Å². The molecule has 18 heavy (non-hydrogen) atoms. The lowest BCUT2D eigenvalue weighted by atomic mass is 9.90. The molecular formula is C12H22ClN3OS. The zero-order valence-electron chi connectivity index (χ0n) is 10.9. The highest BCUT2D eigenvalue weighted by Crippen LogP contribution is 2.27. The molecule has 1 aliphatic heterocycles. The van der Waals surface area contributed by atoms with Gasteiger partial charge < -0.3 is 10.8 Å². The molecule has 4 nitrogen and oxygen atoms in total. The van der Waals surface area contributed by atoms with Crippen molar-refractivity contribution in [2.75, 3.05) is 12.3 Å². The van der Waals surface area contributed by atoms with E-state index in [4.69, 9.17) is 5.73 Å². The van der Waals surface area contributed by atoms with Gasteiger partial charge in [-0.25, -0.2) is 4.98 Å². The topological polar surface area (TPSA) is 62.4 Å². The SMILES string of the molecule is CC1CCN(Cc2cnc(N)s2)C(C(C)O)C1.Cl. The normalized spacial score (nSPS) is 26.6. The summed E-state index contributed by atoms with van der Waals surface area (Å²) in [6.07, 6.45) is 3.85. The largest absolute Gasteiger partial charge is 0.392 e. The minimum absolute atomic E-state index is 0. The van der Waals surface area contributed by atoms with Crippen LogP contribution in [0.2, 0.25) is 0 Å². The Morgan fingerprint density at radius 1 is 1.67 bits per heavy atom. The van der Waals surface area contributed by atoms with E-state index in [1.54, 1.807) is 0 Å². The molecule has 3 atom stereocenters. The van der Waals surface area contributed by atoms with E-state index in [-0.39, 0.29) is 24.6 Å². The minimum atomic E-state index is -0.275. The van der Waals surface area contributed by atoms with Gasteiger partial charge in [-0.15, -0.1) is 23.7 Å². The molecule has 3 N–H and O–H groups in total. The smallest absolute Gasteiger partial charge is 0.180 e. The number of thiazole rings is 1. The molecule has 0 spiro atoms. The third kappa shape index (κ3) is 3.82. The van der Waals surface area contributed by atoms with E-state index in [2.05, 4.69) is 16.8 Å². The Balaban J connectivity index is 0.00000162. The fourth-order valence-electron chi connectivity index (χ4n) is 2.53. The number of anilines is 1. The molecule has 1 saturated heterocycles. The molecule has 0 aromatic carbocycles. The number of aromatic nitrogens is 1. The summed E-state index contributed by atoms with van der Waals surface area (Å²) < 4.78 is 0. The molecule has 0 saturated carbocycles. The van der Waals surface area contributed by atoms with Crippen molar-refractivity contribution in [3.8, 4) is 0 Å². The highest BCUT2D eigenvalue weighted by molar-refractivity contribution is 7.15. The Morgan fingerprint density at radius 2 is 2.39 bits per heavy atom. The molecule has 6 heteroatoms. The van der Waals surface area contributed by atoms with Crippen molar-refractivity contribution in [3.63, 3.8) is 0 Å². The monoisotopic (exact) mass is 291 g/mol. The van der Waals surface area contributed by atoms with Crippen molar-refractivity contribution < 1.29 is 5.11 Å². The first-order valence-corrected chi connectivity index (χ1v) is 7.00. The molecule has 2 rings (SSSR count). The number of likely N-dealkylation sites (tertiary alicyclic amines) is 1. The van der Waals surface area contributed by atoms with Crippen LogP contribution < -0.4 is 5.73 Å². The van der Waals surface area contributed by atoms with Crippen molar-refractivity contribution in [3.05, 3.63) is 11.1 Å². The first-order valence-electron chi connectivity index (χ1n) is 6.18. The van der Waals surface area contributed by atoms with Gasteiger partial charge in [0, 0.05) is 23.7 Å². The number of nitrogen functional groups attached to an aromatic ring is 1. The molecule has 3 unspecified atom stereocenters. The van der Waals surface area contributed by atoms with Crippen LogP contribution in [0.1, 0.15) is 31.6 Å². The average Bonchev–Trinajstić information content (AvgIpc) is 2.66. The predicted molar refractivity (Wildman–Crippen MR) is 78.1 cm³/mol. The van der Waals surface area contributed by atoms with Gasteiger partial charge in [-0.3, -0.25) is 4.90 Å². The van der Waals surface area contributed by atoms with Gasteiger partial charge in [0.25, 0.3) is 0 Å². The van der Waals surface area contributed by atoms with Gasteiger partial charge in [0.05, 0.1) is 6.10 Å². The van der Waals surface area contributed by atoms with Crippen LogP contribution in [0.4, 0.5) is 5.13 Å². The molecule has 2 heterocycles. The maximum absolute atomic E-state index is 9.87. The standard InChI is InChI=1S/C12H21N3OS.ClH/c1-8-3-4-15(11(5-8)9(2)16)7-10-6-14-12(13)17-10;/h6,8-9,11,16H,3-5,7H2,1-2H3,(H2,13,14);1H. The lowest BCUT2D eigenvalue weighted by molar-refractivity contribution is 0.0168. The molecule has 0 bridgehead atoms. The summed E-state index contributed by atoms with van der Waals surface area (Å²) in [6, 6.07) is 0.266. The summed E-state index contributed by atoms with van der Waals surface area (Å²) in [6.45, 7) is 6.06. The number of hydrogen-bond donors (Lipinski definition) is 2. The third-order valence-electron chi connectivity index (χ3n) is 3.51. The van der Waals surface area contributed by atoms with E-state index in [0.717, 1.165) is 19.5 Å². The second-order valence-corrected chi connectivity index (χ2v) is 6.22. The number of halogens is 1. The summed E-state index contributed by atoms with van der Waals surface area (Å²) in [5, 5.41) is 10.5. The quantitative estimate of drug-likeness (QED) is 0.895. The number of aliphatic hydroxyl groups excluding tert-OH is 1. The van der Waals surface area contributed by atoms with Crippen molar-refractivity contribution in [1.82, 2.24) is 9.88 Å². The Labute approximate surface area is 119 Å². The number of hydrogen-bond acceptors (Lipinski definition) is 5. The Hall–Kier alpha value is -0.360. The Kier molecular flexibility index (Phi) is 5.85. The van der Waals surface area contributed by atoms with Crippen LogP contribution in [0, 0.1) is 5.92 Å². The summed E-state index contributed by atoms with van der Waals surface area (Å²) in [4.78, 5) is 7.62. The van der Waals surface area contributed by atoms with E-state index in [9.17, 15) is 5.11 Å². The van der Waals surface area contributed by atoms with Crippen molar-refractivity contribution >= 4 is 28.9 Å². The fourth-order valence-corrected chi connectivity index (χ4v) is 3.24. The number of nitrogens with two attached hydrogens (primary N) is 1. The second kappa shape index (κ2) is 6.70. The average molecular weight is 292 g/mol. The fraction of sp³-hybridized carbons (Fsp3) is 0.750. The number of piperidine rings is 1. The molecule has 104 valence electrons. The van der Waals surface area contributed by atoms with E-state index in [1.807, 2.05) is 13.1 Å². The van der Waals surface area contributed by atoms with Crippen LogP contribution in [0.5, 0.6) is 0 Å². The number of aliphatic hydroxyl groups is 1. The number of nitrogens with zero attached hydrogens (tertiary/aromatic N) is 2. The maximum Gasteiger partial charge on any atom is 0.180 e. The van der Waals surface area contributed by atoms with Crippen molar-refractivity contribution in [1.29, 1.82) is 0 Å². The third-order valence-corrected chi connectivity index (χ3v) is 4.32. The van der Waals surface area contributed by atoms with E-state index >= 15 is 0 Å². The van der Waals surface area contributed by atoms with Crippen LogP contribution in [0.25, 0.3) is 0 Å². The molecular weight excluding hydrogens is 270 g/mol. The van der Waals surface area contributed by atoms with Gasteiger partial charge in [-0.1, -0.05) is 6.92 Å². The number of rotatable bonds is 3. The summed E-state index contributed by atoms with van der Waals surface area (Å²) in [5.74, 6) is 0.706. The van der Waals surface area contributed by atoms with Crippen LogP contribution in [0.15, 0.2) is 6.20 Å². The Bertz CT molecular complexity index is 372. The van der Waals surface area contributed by atoms with E-state index in [1.165, 1.54) is 22.6 Å². The van der Waals surface area contributed by atoms with Gasteiger partial charge in [0.1, 0.15) is 0 Å². The lowest BCUT2D eigenvalue weighted by Gasteiger charge is -2.39. The highest BCUT2D eigenvalue weighted by atomic mass is 35.5.